The highest BCUT2D eigenvalue weighted by Gasteiger charge is 2.29. The van der Waals surface area contributed by atoms with Gasteiger partial charge in [0.1, 0.15) is 18.3 Å². The van der Waals surface area contributed by atoms with Crippen LogP contribution in [0.5, 0.6) is 0 Å². The third-order valence-electron chi connectivity index (χ3n) is 5.40. The fourth-order valence-corrected chi connectivity index (χ4v) is 3.81. The van der Waals surface area contributed by atoms with Crippen LogP contribution in [-0.4, -0.2) is 45.5 Å². The summed E-state index contributed by atoms with van der Waals surface area (Å²) in [4.78, 5) is 35.5. The Kier molecular flexibility index (Phi) is 5.63. The SMILES string of the molecule is CC(NC(=O)c1cc(NC(=O)OCC2c3ccccc3-c3ccccc32)nn1C)C(=O)O. The predicted molar refractivity (Wildman–Crippen MR) is 116 cm³/mol. The number of amides is 2. The Morgan fingerprint density at radius 1 is 1.09 bits per heavy atom. The molecule has 0 saturated carbocycles. The van der Waals surface area contributed by atoms with E-state index in [1.165, 1.54) is 24.7 Å². The Morgan fingerprint density at radius 3 is 2.28 bits per heavy atom. The Hall–Kier alpha value is -4.14. The molecule has 9 nitrogen and oxygen atoms in total. The van der Waals surface area contributed by atoms with Crippen LogP contribution in [0.3, 0.4) is 0 Å². The maximum atomic E-state index is 12.4. The van der Waals surface area contributed by atoms with Crippen molar-refractivity contribution in [2.24, 2.45) is 7.05 Å². The number of hydrogen-bond acceptors (Lipinski definition) is 5. The van der Waals surface area contributed by atoms with Gasteiger partial charge in [0.05, 0.1) is 0 Å². The summed E-state index contributed by atoms with van der Waals surface area (Å²) in [6.45, 7) is 1.50. The number of anilines is 1. The fourth-order valence-electron chi connectivity index (χ4n) is 3.81. The van der Waals surface area contributed by atoms with Gasteiger partial charge in [-0.3, -0.25) is 19.6 Å². The van der Waals surface area contributed by atoms with E-state index in [1.54, 1.807) is 0 Å². The van der Waals surface area contributed by atoms with Crippen molar-refractivity contribution in [2.45, 2.75) is 18.9 Å². The fraction of sp³-hybridized carbons (Fsp3) is 0.217. The zero-order chi connectivity index (χ0) is 22.8. The van der Waals surface area contributed by atoms with Crippen molar-refractivity contribution < 1.29 is 24.2 Å². The van der Waals surface area contributed by atoms with E-state index in [4.69, 9.17) is 9.84 Å². The molecule has 1 heterocycles. The maximum absolute atomic E-state index is 12.4. The number of carboxylic acids is 1. The summed E-state index contributed by atoms with van der Waals surface area (Å²) in [5.41, 5.74) is 4.57. The molecule has 0 bridgehead atoms. The molecule has 9 heteroatoms. The molecule has 0 aliphatic heterocycles. The van der Waals surface area contributed by atoms with Crippen LogP contribution in [0.4, 0.5) is 10.6 Å². The zero-order valence-corrected chi connectivity index (χ0v) is 17.5. The van der Waals surface area contributed by atoms with Crippen molar-refractivity contribution in [3.05, 3.63) is 71.4 Å². The highest BCUT2D eigenvalue weighted by Crippen LogP contribution is 2.44. The molecule has 1 atom stereocenters. The van der Waals surface area contributed by atoms with E-state index in [1.807, 2.05) is 36.4 Å². The molecule has 3 aromatic rings. The lowest BCUT2D eigenvalue weighted by Gasteiger charge is -2.14. The number of aromatic nitrogens is 2. The third kappa shape index (κ3) is 4.04. The first-order chi connectivity index (χ1) is 15.3. The van der Waals surface area contributed by atoms with Crippen LogP contribution >= 0.6 is 0 Å². The Morgan fingerprint density at radius 2 is 1.69 bits per heavy atom. The summed E-state index contributed by atoms with van der Waals surface area (Å²) < 4.78 is 6.72. The number of carboxylic acid groups (broad SMARTS) is 1. The minimum absolute atomic E-state index is 0.0734. The minimum Gasteiger partial charge on any atom is -0.480 e. The number of hydrogen-bond donors (Lipinski definition) is 3. The van der Waals surface area contributed by atoms with Gasteiger partial charge in [-0.25, -0.2) is 4.79 Å². The van der Waals surface area contributed by atoms with E-state index in [2.05, 4.69) is 27.9 Å². The van der Waals surface area contributed by atoms with Crippen molar-refractivity contribution in [3.63, 3.8) is 0 Å². The Bertz CT molecular complexity index is 1160. The van der Waals surface area contributed by atoms with Gasteiger partial charge in [0.15, 0.2) is 5.82 Å². The summed E-state index contributed by atoms with van der Waals surface area (Å²) in [7, 11) is 1.52. The number of ether oxygens (including phenoxy) is 1. The lowest BCUT2D eigenvalue weighted by Crippen LogP contribution is -2.39. The number of rotatable bonds is 6. The highest BCUT2D eigenvalue weighted by atomic mass is 16.5. The van der Waals surface area contributed by atoms with Gasteiger partial charge >= 0.3 is 12.1 Å². The largest absolute Gasteiger partial charge is 0.480 e. The summed E-state index contributed by atoms with van der Waals surface area (Å²) in [5, 5.41) is 17.9. The zero-order valence-electron chi connectivity index (χ0n) is 17.5. The van der Waals surface area contributed by atoms with Crippen LogP contribution in [0.2, 0.25) is 0 Å². The monoisotopic (exact) mass is 434 g/mol. The summed E-state index contributed by atoms with van der Waals surface area (Å²) >= 11 is 0. The lowest BCUT2D eigenvalue weighted by atomic mass is 9.98. The average Bonchev–Trinajstić information content (AvgIpc) is 3.29. The molecule has 1 unspecified atom stereocenters. The number of nitrogens with zero attached hydrogens (tertiary/aromatic N) is 2. The molecule has 1 aliphatic carbocycles. The first-order valence-corrected chi connectivity index (χ1v) is 10.0. The first-order valence-electron chi connectivity index (χ1n) is 10.0. The van der Waals surface area contributed by atoms with Gasteiger partial charge in [-0.1, -0.05) is 48.5 Å². The molecule has 0 radical (unpaired) electrons. The first kappa shape index (κ1) is 21.1. The molecule has 164 valence electrons. The molecule has 3 N–H and O–H groups in total. The van der Waals surface area contributed by atoms with Crippen LogP contribution in [-0.2, 0) is 16.6 Å². The normalized spacial score (nSPS) is 13.1. The van der Waals surface area contributed by atoms with Crippen molar-refractivity contribution in [2.75, 3.05) is 11.9 Å². The van der Waals surface area contributed by atoms with Crippen molar-refractivity contribution in [1.29, 1.82) is 0 Å². The molecule has 0 spiro atoms. The maximum Gasteiger partial charge on any atom is 0.412 e. The van der Waals surface area contributed by atoms with Gasteiger partial charge in [-0.15, -0.1) is 0 Å². The van der Waals surface area contributed by atoms with Crippen LogP contribution < -0.4 is 10.6 Å². The number of carbonyl (C=O) groups is 3. The van der Waals surface area contributed by atoms with E-state index in [0.717, 1.165) is 22.3 Å². The molecule has 1 aromatic heterocycles. The second-order valence-corrected chi connectivity index (χ2v) is 7.52. The van der Waals surface area contributed by atoms with E-state index in [-0.39, 0.29) is 24.0 Å². The van der Waals surface area contributed by atoms with Crippen LogP contribution in [0, 0.1) is 0 Å². The van der Waals surface area contributed by atoms with E-state index < -0.39 is 24.0 Å². The second kappa shape index (κ2) is 8.54. The number of aliphatic carboxylic acids is 1. The smallest absolute Gasteiger partial charge is 0.412 e. The van der Waals surface area contributed by atoms with E-state index >= 15 is 0 Å². The number of nitrogens with one attached hydrogen (secondary N) is 2. The Labute approximate surface area is 184 Å². The lowest BCUT2D eigenvalue weighted by molar-refractivity contribution is -0.138. The highest BCUT2D eigenvalue weighted by molar-refractivity contribution is 5.96. The van der Waals surface area contributed by atoms with E-state index in [0.29, 0.717) is 0 Å². The van der Waals surface area contributed by atoms with Crippen molar-refractivity contribution in [1.82, 2.24) is 15.1 Å². The van der Waals surface area contributed by atoms with E-state index in [9.17, 15) is 14.4 Å². The second-order valence-electron chi connectivity index (χ2n) is 7.52. The number of aryl methyl sites for hydroxylation is 1. The number of carbonyl (C=O) groups excluding carboxylic acids is 2. The standard InChI is InChI=1S/C23H22N4O5/c1-13(22(29)30)24-21(28)19-11-20(26-27(19)2)25-23(31)32-12-18-16-9-5-3-7-14(16)15-8-4-6-10-17(15)18/h3-11,13,18H,12H2,1-2H3,(H,24,28)(H,29,30)(H,25,26,31). The third-order valence-corrected chi connectivity index (χ3v) is 5.40. The van der Waals surface area contributed by atoms with Crippen LogP contribution in [0.25, 0.3) is 11.1 Å². The van der Waals surface area contributed by atoms with Gasteiger partial charge in [0.2, 0.25) is 0 Å². The molecule has 2 amide bonds. The molecular formula is C23H22N4O5. The van der Waals surface area contributed by atoms with Gasteiger partial charge in [0.25, 0.3) is 5.91 Å². The molecule has 0 fully saturated rings. The van der Waals surface area contributed by atoms with Gasteiger partial charge in [-0.05, 0) is 29.2 Å². The summed E-state index contributed by atoms with van der Waals surface area (Å²) in [5.74, 6) is -1.72. The quantitative estimate of drug-likeness (QED) is 0.548. The number of benzene rings is 2. The van der Waals surface area contributed by atoms with Crippen LogP contribution in [0.15, 0.2) is 54.6 Å². The topological polar surface area (TPSA) is 123 Å². The summed E-state index contributed by atoms with van der Waals surface area (Å²) in [6.07, 6.45) is -0.698. The van der Waals surface area contributed by atoms with Crippen molar-refractivity contribution in [3.8, 4) is 11.1 Å². The van der Waals surface area contributed by atoms with Crippen molar-refractivity contribution >= 4 is 23.8 Å². The molecule has 4 rings (SSSR count). The van der Waals surface area contributed by atoms with Gasteiger partial charge in [-0.2, -0.15) is 5.10 Å². The van der Waals surface area contributed by atoms with Crippen LogP contribution in [0.1, 0.15) is 34.5 Å². The van der Waals surface area contributed by atoms with Gasteiger partial charge in [0, 0.05) is 19.0 Å². The number of fused-ring (bicyclic) bond motifs is 3. The predicted octanol–water partition coefficient (Wildman–Crippen LogP) is 2.98. The molecule has 2 aromatic carbocycles. The average molecular weight is 434 g/mol. The molecule has 32 heavy (non-hydrogen) atoms. The Balaban J connectivity index is 1.41. The molecular weight excluding hydrogens is 412 g/mol. The summed E-state index contributed by atoms with van der Waals surface area (Å²) in [6, 6.07) is 16.4. The minimum atomic E-state index is -1.16. The van der Waals surface area contributed by atoms with Gasteiger partial charge < -0.3 is 15.2 Å². The molecule has 1 aliphatic rings. The molecule has 0 saturated heterocycles.